The molecular formula is C17H30IN3O2. The van der Waals surface area contributed by atoms with Crippen LogP contribution in [0.15, 0.2) is 29.3 Å². The molecule has 0 saturated heterocycles. The third-order valence-corrected chi connectivity index (χ3v) is 2.98. The topological polar surface area (TPSA) is 54.9 Å². The fraction of sp³-hybridized carbons (Fsp3) is 0.588. The first-order chi connectivity index (χ1) is 10.5. The highest BCUT2D eigenvalue weighted by Gasteiger charge is 2.07. The summed E-state index contributed by atoms with van der Waals surface area (Å²) in [6, 6.07) is 8.26. The molecule has 2 atom stereocenters. The summed E-state index contributed by atoms with van der Waals surface area (Å²) in [6.45, 7) is 10.2. The van der Waals surface area contributed by atoms with Crippen LogP contribution >= 0.6 is 24.0 Å². The molecule has 132 valence electrons. The van der Waals surface area contributed by atoms with Gasteiger partial charge in [0.25, 0.3) is 0 Å². The fourth-order valence-corrected chi connectivity index (χ4v) is 2.02. The zero-order valence-electron chi connectivity index (χ0n) is 14.8. The standard InChI is InChI=1S/C17H29N3O2.HI/c1-6-18-17(20-14(3)12-21-5)19-11-15(4)22-16-9-7-8-13(2)10-16;/h7-10,14-15H,6,11-12H2,1-5H3,(H2,18,19,20);1H. The smallest absolute Gasteiger partial charge is 0.191 e. The summed E-state index contributed by atoms with van der Waals surface area (Å²) in [5, 5.41) is 6.53. The van der Waals surface area contributed by atoms with Crippen molar-refractivity contribution in [3.05, 3.63) is 29.8 Å². The second-order valence-corrected chi connectivity index (χ2v) is 5.47. The molecule has 0 amide bonds. The molecule has 5 nitrogen and oxygen atoms in total. The summed E-state index contributed by atoms with van der Waals surface area (Å²) in [4.78, 5) is 4.57. The summed E-state index contributed by atoms with van der Waals surface area (Å²) >= 11 is 0. The Labute approximate surface area is 157 Å². The fourth-order valence-electron chi connectivity index (χ4n) is 2.02. The predicted molar refractivity (Wildman–Crippen MR) is 107 cm³/mol. The van der Waals surface area contributed by atoms with Gasteiger partial charge in [0.05, 0.1) is 13.2 Å². The molecule has 1 aromatic carbocycles. The molecule has 0 aliphatic rings. The van der Waals surface area contributed by atoms with Crippen molar-refractivity contribution in [2.45, 2.75) is 39.8 Å². The highest BCUT2D eigenvalue weighted by molar-refractivity contribution is 14.0. The van der Waals surface area contributed by atoms with E-state index in [9.17, 15) is 0 Å². The van der Waals surface area contributed by atoms with E-state index in [-0.39, 0.29) is 36.1 Å². The van der Waals surface area contributed by atoms with Crippen LogP contribution in [0.2, 0.25) is 0 Å². The number of halogens is 1. The minimum atomic E-state index is 0. The van der Waals surface area contributed by atoms with Gasteiger partial charge in [0, 0.05) is 19.7 Å². The van der Waals surface area contributed by atoms with Gasteiger partial charge in [-0.2, -0.15) is 0 Å². The van der Waals surface area contributed by atoms with Crippen LogP contribution in [-0.4, -0.2) is 44.9 Å². The zero-order chi connectivity index (χ0) is 16.4. The summed E-state index contributed by atoms with van der Waals surface area (Å²) in [7, 11) is 1.69. The van der Waals surface area contributed by atoms with Gasteiger partial charge in [0.15, 0.2) is 5.96 Å². The number of benzene rings is 1. The first-order valence-corrected chi connectivity index (χ1v) is 7.82. The average molecular weight is 435 g/mol. The maximum absolute atomic E-state index is 5.89. The minimum Gasteiger partial charge on any atom is -0.489 e. The lowest BCUT2D eigenvalue weighted by molar-refractivity contribution is 0.179. The number of rotatable bonds is 8. The van der Waals surface area contributed by atoms with Crippen molar-refractivity contribution < 1.29 is 9.47 Å². The molecule has 2 N–H and O–H groups in total. The molecule has 0 radical (unpaired) electrons. The second-order valence-electron chi connectivity index (χ2n) is 5.47. The maximum atomic E-state index is 5.89. The largest absolute Gasteiger partial charge is 0.489 e. The lowest BCUT2D eigenvalue weighted by Crippen LogP contribution is -2.44. The van der Waals surface area contributed by atoms with Crippen molar-refractivity contribution in [2.24, 2.45) is 4.99 Å². The Morgan fingerprint density at radius 1 is 1.30 bits per heavy atom. The predicted octanol–water partition coefficient (Wildman–Crippen LogP) is 2.97. The number of methoxy groups -OCH3 is 1. The van der Waals surface area contributed by atoms with Gasteiger partial charge in [-0.15, -0.1) is 24.0 Å². The van der Waals surface area contributed by atoms with E-state index in [2.05, 4.69) is 35.5 Å². The first-order valence-electron chi connectivity index (χ1n) is 7.82. The number of hydrogen-bond acceptors (Lipinski definition) is 3. The van der Waals surface area contributed by atoms with Crippen LogP contribution in [0.4, 0.5) is 0 Å². The minimum absolute atomic E-state index is 0. The van der Waals surface area contributed by atoms with Gasteiger partial charge < -0.3 is 20.1 Å². The normalized spacial score (nSPS) is 13.7. The number of aliphatic imine (C=N–C) groups is 1. The quantitative estimate of drug-likeness (QED) is 0.375. The highest BCUT2D eigenvalue weighted by Crippen LogP contribution is 2.14. The van der Waals surface area contributed by atoms with Crippen LogP contribution in [0.3, 0.4) is 0 Å². The van der Waals surface area contributed by atoms with Crippen LogP contribution < -0.4 is 15.4 Å². The maximum Gasteiger partial charge on any atom is 0.191 e. The van der Waals surface area contributed by atoms with Crippen LogP contribution in [-0.2, 0) is 4.74 Å². The molecule has 1 rings (SSSR count). The van der Waals surface area contributed by atoms with E-state index in [0.717, 1.165) is 18.3 Å². The summed E-state index contributed by atoms with van der Waals surface area (Å²) in [5.74, 6) is 1.67. The van der Waals surface area contributed by atoms with Gasteiger partial charge in [-0.05, 0) is 45.4 Å². The van der Waals surface area contributed by atoms with E-state index in [1.165, 1.54) is 5.56 Å². The van der Waals surface area contributed by atoms with Crippen LogP contribution in [0.5, 0.6) is 5.75 Å². The van der Waals surface area contributed by atoms with Crippen molar-refractivity contribution in [1.82, 2.24) is 10.6 Å². The molecule has 1 aromatic rings. The summed E-state index contributed by atoms with van der Waals surface area (Å²) in [6.07, 6.45) is 0.00925. The molecule has 23 heavy (non-hydrogen) atoms. The zero-order valence-corrected chi connectivity index (χ0v) is 17.1. The van der Waals surface area contributed by atoms with Crippen molar-refractivity contribution in [1.29, 1.82) is 0 Å². The Bertz CT molecular complexity index is 469. The molecule has 0 fully saturated rings. The number of guanidine groups is 1. The van der Waals surface area contributed by atoms with E-state index < -0.39 is 0 Å². The highest BCUT2D eigenvalue weighted by atomic mass is 127. The summed E-state index contributed by atoms with van der Waals surface area (Å²) < 4.78 is 11.0. The molecule has 0 bridgehead atoms. The van der Waals surface area contributed by atoms with E-state index in [0.29, 0.717) is 13.2 Å². The summed E-state index contributed by atoms with van der Waals surface area (Å²) in [5.41, 5.74) is 1.19. The molecule has 0 aliphatic carbocycles. The molecule has 2 unspecified atom stereocenters. The molecule has 0 spiro atoms. The van der Waals surface area contributed by atoms with Crippen LogP contribution in [0, 0.1) is 6.92 Å². The second kappa shape index (κ2) is 12.4. The number of aryl methyl sites for hydroxylation is 1. The van der Waals surface area contributed by atoms with Gasteiger partial charge in [-0.3, -0.25) is 0 Å². The Balaban J connectivity index is 0.00000484. The van der Waals surface area contributed by atoms with Crippen molar-refractivity contribution in [3.63, 3.8) is 0 Å². The molecule has 0 heterocycles. The lowest BCUT2D eigenvalue weighted by atomic mass is 10.2. The van der Waals surface area contributed by atoms with E-state index in [4.69, 9.17) is 9.47 Å². The Morgan fingerprint density at radius 3 is 2.65 bits per heavy atom. The van der Waals surface area contributed by atoms with Crippen LogP contribution in [0.25, 0.3) is 0 Å². The average Bonchev–Trinajstić information content (AvgIpc) is 2.45. The van der Waals surface area contributed by atoms with Gasteiger partial charge in [0.2, 0.25) is 0 Å². The van der Waals surface area contributed by atoms with Crippen molar-refractivity contribution in [3.8, 4) is 5.75 Å². The third-order valence-electron chi connectivity index (χ3n) is 2.98. The van der Waals surface area contributed by atoms with Gasteiger partial charge in [-0.25, -0.2) is 4.99 Å². The Kier molecular flexibility index (Phi) is 11.9. The first kappa shape index (κ1) is 22.0. The number of nitrogens with zero attached hydrogens (tertiary/aromatic N) is 1. The van der Waals surface area contributed by atoms with E-state index in [1.54, 1.807) is 7.11 Å². The van der Waals surface area contributed by atoms with Crippen molar-refractivity contribution >= 4 is 29.9 Å². The molecule has 0 saturated carbocycles. The third kappa shape index (κ3) is 9.65. The van der Waals surface area contributed by atoms with E-state index in [1.807, 2.05) is 32.0 Å². The lowest BCUT2D eigenvalue weighted by Gasteiger charge is -2.18. The molecule has 6 heteroatoms. The van der Waals surface area contributed by atoms with Gasteiger partial charge >= 0.3 is 0 Å². The Morgan fingerprint density at radius 2 is 2.04 bits per heavy atom. The van der Waals surface area contributed by atoms with Gasteiger partial charge in [-0.1, -0.05) is 12.1 Å². The monoisotopic (exact) mass is 435 g/mol. The van der Waals surface area contributed by atoms with E-state index >= 15 is 0 Å². The number of hydrogen-bond donors (Lipinski definition) is 2. The molecular weight excluding hydrogens is 405 g/mol. The SMILES string of the molecule is CCNC(=NCC(C)Oc1cccc(C)c1)NC(C)COC.I. The number of ether oxygens (including phenoxy) is 2. The molecule has 0 aromatic heterocycles. The Hall–Kier alpha value is -1.02. The molecule has 0 aliphatic heterocycles. The van der Waals surface area contributed by atoms with Gasteiger partial charge in [0.1, 0.15) is 11.9 Å². The van der Waals surface area contributed by atoms with Crippen molar-refractivity contribution in [2.75, 3.05) is 26.8 Å². The number of nitrogens with one attached hydrogen (secondary N) is 2. The van der Waals surface area contributed by atoms with Crippen LogP contribution in [0.1, 0.15) is 26.3 Å².